The molecular formula is C20H26N4O6S. The second-order valence-electron chi connectivity index (χ2n) is 7.71. The third-order valence-electron chi connectivity index (χ3n) is 5.41. The summed E-state index contributed by atoms with van der Waals surface area (Å²) in [6, 6.07) is 3.77. The quantitative estimate of drug-likeness (QED) is 0.448. The Labute approximate surface area is 181 Å². The number of sulfonamides is 1. The number of benzene rings is 1. The van der Waals surface area contributed by atoms with Crippen molar-refractivity contribution in [1.82, 2.24) is 14.1 Å². The van der Waals surface area contributed by atoms with E-state index in [0.29, 0.717) is 42.0 Å². The first-order valence-corrected chi connectivity index (χ1v) is 11.6. The van der Waals surface area contributed by atoms with Crippen LogP contribution in [0.5, 0.6) is 0 Å². The zero-order valence-corrected chi connectivity index (χ0v) is 18.6. The minimum Gasteiger partial charge on any atom is -0.311 e. The number of urea groups is 1. The number of hydrogen-bond acceptors (Lipinski definition) is 6. The van der Waals surface area contributed by atoms with Crippen molar-refractivity contribution in [3.05, 3.63) is 23.8 Å². The highest BCUT2D eigenvalue weighted by Gasteiger charge is 2.45. The van der Waals surface area contributed by atoms with Crippen LogP contribution in [0.1, 0.15) is 31.7 Å². The summed E-state index contributed by atoms with van der Waals surface area (Å²) in [5, 5.41) is 0. The van der Waals surface area contributed by atoms with Crippen molar-refractivity contribution in [3.8, 4) is 0 Å². The van der Waals surface area contributed by atoms with E-state index in [1.54, 1.807) is 12.1 Å². The Kier molecular flexibility index (Phi) is 6.46. The summed E-state index contributed by atoms with van der Waals surface area (Å²) < 4.78 is 25.9. The molecule has 1 aromatic carbocycles. The molecule has 5 amide bonds. The molecular weight excluding hydrogens is 424 g/mol. The molecule has 0 bridgehead atoms. The van der Waals surface area contributed by atoms with Crippen molar-refractivity contribution >= 4 is 39.5 Å². The molecule has 0 radical (unpaired) electrons. The fourth-order valence-corrected chi connectivity index (χ4v) is 4.58. The van der Waals surface area contributed by atoms with Crippen LogP contribution in [0.15, 0.2) is 23.1 Å². The van der Waals surface area contributed by atoms with Crippen LogP contribution in [0, 0.1) is 0 Å². The number of amides is 5. The van der Waals surface area contributed by atoms with Crippen LogP contribution in [0.4, 0.5) is 10.5 Å². The minimum absolute atomic E-state index is 0.132. The SMILES string of the molecule is CCCCN1C(=O)C(=O)N(CC(=O)N2CCCc3cc(S(=O)(=O)N(C)C)ccc32)C1=O. The molecule has 1 fully saturated rings. The van der Waals surface area contributed by atoms with Gasteiger partial charge in [-0.05, 0) is 43.0 Å². The molecule has 2 aliphatic heterocycles. The first kappa shape index (κ1) is 22.9. The number of unbranched alkanes of at least 4 members (excludes halogenated alkanes) is 1. The highest BCUT2D eigenvalue weighted by molar-refractivity contribution is 7.89. The maximum atomic E-state index is 12.9. The lowest BCUT2D eigenvalue weighted by Gasteiger charge is -2.31. The Hall–Kier alpha value is -2.79. The van der Waals surface area contributed by atoms with Crippen LogP contribution in [0.25, 0.3) is 0 Å². The standard InChI is InChI=1S/C20H26N4O6S/c1-4-5-10-23-18(26)19(27)24(20(23)28)13-17(25)22-11-6-7-14-12-15(8-9-16(14)22)31(29,30)21(2)3/h8-9,12H,4-7,10-11,13H2,1-3H3. The summed E-state index contributed by atoms with van der Waals surface area (Å²) in [6.07, 6.45) is 2.53. The Morgan fingerprint density at radius 3 is 2.42 bits per heavy atom. The van der Waals surface area contributed by atoms with E-state index in [4.69, 9.17) is 0 Å². The van der Waals surface area contributed by atoms with E-state index in [2.05, 4.69) is 0 Å². The third-order valence-corrected chi connectivity index (χ3v) is 7.22. The van der Waals surface area contributed by atoms with Gasteiger partial charge in [-0.15, -0.1) is 0 Å². The van der Waals surface area contributed by atoms with E-state index < -0.39 is 40.3 Å². The summed E-state index contributed by atoms with van der Waals surface area (Å²) >= 11 is 0. The molecule has 0 N–H and O–H groups in total. The minimum atomic E-state index is -3.61. The van der Waals surface area contributed by atoms with E-state index in [1.807, 2.05) is 6.92 Å². The van der Waals surface area contributed by atoms with Gasteiger partial charge in [0.25, 0.3) is 0 Å². The maximum Gasteiger partial charge on any atom is 0.334 e. The lowest BCUT2D eigenvalue weighted by atomic mass is 10.0. The van der Waals surface area contributed by atoms with Gasteiger partial charge in [-0.3, -0.25) is 19.3 Å². The molecule has 2 aliphatic rings. The van der Waals surface area contributed by atoms with Gasteiger partial charge in [0.2, 0.25) is 15.9 Å². The largest absolute Gasteiger partial charge is 0.334 e. The van der Waals surface area contributed by atoms with Gasteiger partial charge in [0.15, 0.2) is 0 Å². The van der Waals surface area contributed by atoms with Crippen LogP contribution in [0.3, 0.4) is 0 Å². The molecule has 31 heavy (non-hydrogen) atoms. The monoisotopic (exact) mass is 450 g/mol. The number of anilines is 1. The number of aryl methyl sites for hydroxylation is 1. The summed E-state index contributed by atoms with van der Waals surface area (Å²) in [4.78, 5) is 52.9. The van der Waals surface area contributed by atoms with Crippen LogP contribution in [-0.2, 0) is 30.8 Å². The number of nitrogens with zero attached hydrogens (tertiary/aromatic N) is 4. The van der Waals surface area contributed by atoms with Crippen molar-refractivity contribution in [2.24, 2.45) is 0 Å². The van der Waals surface area contributed by atoms with Gasteiger partial charge in [-0.25, -0.2) is 22.4 Å². The van der Waals surface area contributed by atoms with Gasteiger partial charge >= 0.3 is 17.8 Å². The molecule has 0 aromatic heterocycles. The lowest BCUT2D eigenvalue weighted by Crippen LogP contribution is -2.45. The number of hydrogen-bond donors (Lipinski definition) is 0. The molecule has 0 spiro atoms. The van der Waals surface area contributed by atoms with Gasteiger partial charge in [-0.2, -0.15) is 0 Å². The zero-order valence-electron chi connectivity index (χ0n) is 17.8. The molecule has 1 aromatic rings. The first-order chi connectivity index (χ1) is 14.6. The number of carbonyl (C=O) groups is 4. The van der Waals surface area contributed by atoms with Crippen LogP contribution >= 0.6 is 0 Å². The van der Waals surface area contributed by atoms with E-state index in [0.717, 1.165) is 15.6 Å². The molecule has 2 heterocycles. The predicted molar refractivity (Wildman–Crippen MR) is 112 cm³/mol. The smallest absolute Gasteiger partial charge is 0.311 e. The van der Waals surface area contributed by atoms with Crippen molar-refractivity contribution in [3.63, 3.8) is 0 Å². The third kappa shape index (κ3) is 4.19. The lowest BCUT2D eigenvalue weighted by molar-refractivity contribution is -0.143. The summed E-state index contributed by atoms with van der Waals surface area (Å²) in [5.41, 5.74) is 1.24. The van der Waals surface area contributed by atoms with Crippen molar-refractivity contribution in [2.45, 2.75) is 37.5 Å². The van der Waals surface area contributed by atoms with Crippen molar-refractivity contribution < 1.29 is 27.6 Å². The van der Waals surface area contributed by atoms with Crippen molar-refractivity contribution in [2.75, 3.05) is 38.6 Å². The summed E-state index contributed by atoms with van der Waals surface area (Å²) in [7, 11) is -0.724. The van der Waals surface area contributed by atoms with Gasteiger partial charge in [0, 0.05) is 32.9 Å². The average molecular weight is 451 g/mol. The predicted octanol–water partition coefficient (Wildman–Crippen LogP) is 0.807. The molecule has 11 heteroatoms. The zero-order chi connectivity index (χ0) is 22.9. The average Bonchev–Trinajstić information content (AvgIpc) is 2.94. The molecule has 168 valence electrons. The van der Waals surface area contributed by atoms with Gasteiger partial charge in [-0.1, -0.05) is 13.3 Å². The van der Waals surface area contributed by atoms with Crippen LogP contribution < -0.4 is 4.90 Å². The Balaban J connectivity index is 1.81. The molecule has 3 rings (SSSR count). The van der Waals surface area contributed by atoms with Gasteiger partial charge in [0.1, 0.15) is 6.54 Å². The highest BCUT2D eigenvalue weighted by atomic mass is 32.2. The molecule has 1 saturated heterocycles. The normalized spacial score (nSPS) is 17.0. The van der Waals surface area contributed by atoms with Gasteiger partial charge in [0.05, 0.1) is 4.90 Å². The number of rotatable bonds is 7. The van der Waals surface area contributed by atoms with E-state index in [1.165, 1.54) is 25.1 Å². The Morgan fingerprint density at radius 1 is 1.10 bits per heavy atom. The number of carbonyl (C=O) groups excluding carboxylic acids is 4. The second kappa shape index (κ2) is 8.75. The van der Waals surface area contributed by atoms with E-state index >= 15 is 0 Å². The molecule has 0 saturated carbocycles. The van der Waals surface area contributed by atoms with Crippen LogP contribution in [-0.4, -0.2) is 80.0 Å². The maximum absolute atomic E-state index is 12.9. The fourth-order valence-electron chi connectivity index (χ4n) is 3.63. The molecule has 0 aliphatic carbocycles. The molecule has 0 atom stereocenters. The molecule has 0 unspecified atom stereocenters. The number of imide groups is 2. The highest BCUT2D eigenvalue weighted by Crippen LogP contribution is 2.30. The van der Waals surface area contributed by atoms with Crippen molar-refractivity contribution in [1.29, 1.82) is 0 Å². The Morgan fingerprint density at radius 2 is 1.77 bits per heavy atom. The Bertz CT molecular complexity index is 1040. The van der Waals surface area contributed by atoms with Gasteiger partial charge < -0.3 is 4.90 Å². The summed E-state index contributed by atoms with van der Waals surface area (Å²) in [5.74, 6) is -2.42. The fraction of sp³-hybridized carbons (Fsp3) is 0.500. The van der Waals surface area contributed by atoms with Crippen LogP contribution in [0.2, 0.25) is 0 Å². The second-order valence-corrected chi connectivity index (χ2v) is 9.86. The topological polar surface area (TPSA) is 115 Å². The summed E-state index contributed by atoms with van der Waals surface area (Å²) in [6.45, 7) is 1.87. The molecule has 10 nitrogen and oxygen atoms in total. The van der Waals surface area contributed by atoms with E-state index in [9.17, 15) is 27.6 Å². The first-order valence-electron chi connectivity index (χ1n) is 10.1. The number of fused-ring (bicyclic) bond motifs is 1. The van der Waals surface area contributed by atoms with E-state index in [-0.39, 0.29) is 11.4 Å².